The molecule has 6 nitrogen and oxygen atoms in total. The second-order valence-corrected chi connectivity index (χ2v) is 5.40. The minimum absolute atomic E-state index is 0.126. The maximum absolute atomic E-state index is 12.0. The summed E-state index contributed by atoms with van der Waals surface area (Å²) in [5.41, 5.74) is 3.75. The normalized spacial score (nSPS) is 21.8. The zero-order valence-electron chi connectivity index (χ0n) is 12.1. The summed E-state index contributed by atoms with van der Waals surface area (Å²) in [4.78, 5) is 36.5. The SMILES string of the molecule is CC1C(=O)N(Cc2ccc(CC(=O)NN)cc2)C(=O)C1C. The Morgan fingerprint density at radius 2 is 1.57 bits per heavy atom. The maximum Gasteiger partial charge on any atom is 0.238 e. The van der Waals surface area contributed by atoms with E-state index in [9.17, 15) is 14.4 Å². The Kier molecular flexibility index (Phi) is 4.37. The number of nitrogens with two attached hydrogens (primary N) is 1. The van der Waals surface area contributed by atoms with Crippen molar-refractivity contribution in [3.05, 3.63) is 35.4 Å². The molecule has 1 aromatic carbocycles. The van der Waals surface area contributed by atoms with Gasteiger partial charge in [-0.25, -0.2) is 5.84 Å². The smallest absolute Gasteiger partial charge is 0.238 e. The van der Waals surface area contributed by atoms with Gasteiger partial charge in [0.15, 0.2) is 0 Å². The zero-order chi connectivity index (χ0) is 15.6. The highest BCUT2D eigenvalue weighted by molar-refractivity contribution is 6.04. The number of nitrogens with zero attached hydrogens (tertiary/aromatic N) is 1. The summed E-state index contributed by atoms with van der Waals surface area (Å²) in [5, 5.41) is 0. The number of hydrogen-bond acceptors (Lipinski definition) is 4. The van der Waals surface area contributed by atoms with Crippen LogP contribution < -0.4 is 11.3 Å². The molecule has 0 radical (unpaired) electrons. The molecule has 0 spiro atoms. The van der Waals surface area contributed by atoms with Crippen molar-refractivity contribution in [2.24, 2.45) is 17.7 Å². The van der Waals surface area contributed by atoms with E-state index in [1.165, 1.54) is 4.90 Å². The maximum atomic E-state index is 12.0. The van der Waals surface area contributed by atoms with Gasteiger partial charge >= 0.3 is 0 Å². The second-order valence-electron chi connectivity index (χ2n) is 5.40. The van der Waals surface area contributed by atoms with E-state index in [4.69, 9.17) is 5.84 Å². The minimum atomic E-state index is -0.268. The number of hydrogen-bond donors (Lipinski definition) is 2. The number of hydrazine groups is 1. The van der Waals surface area contributed by atoms with Crippen LogP contribution in [0.15, 0.2) is 24.3 Å². The lowest BCUT2D eigenvalue weighted by atomic mass is 10.00. The molecule has 1 aromatic rings. The van der Waals surface area contributed by atoms with Crippen LogP contribution in [0.5, 0.6) is 0 Å². The van der Waals surface area contributed by atoms with Gasteiger partial charge in [0.05, 0.1) is 13.0 Å². The van der Waals surface area contributed by atoms with E-state index in [2.05, 4.69) is 5.43 Å². The van der Waals surface area contributed by atoms with Gasteiger partial charge < -0.3 is 0 Å². The van der Waals surface area contributed by atoms with Crippen LogP contribution in [0.1, 0.15) is 25.0 Å². The average molecular weight is 289 g/mol. The first-order valence-electron chi connectivity index (χ1n) is 6.86. The molecular weight excluding hydrogens is 270 g/mol. The molecule has 0 aliphatic carbocycles. The van der Waals surface area contributed by atoms with Crippen molar-refractivity contribution < 1.29 is 14.4 Å². The van der Waals surface area contributed by atoms with Crippen molar-refractivity contribution >= 4 is 17.7 Å². The van der Waals surface area contributed by atoms with Gasteiger partial charge in [0, 0.05) is 11.8 Å². The monoisotopic (exact) mass is 289 g/mol. The Bertz CT molecular complexity index is 548. The largest absolute Gasteiger partial charge is 0.294 e. The van der Waals surface area contributed by atoms with Crippen LogP contribution in [-0.4, -0.2) is 22.6 Å². The molecule has 0 aromatic heterocycles. The molecule has 2 rings (SSSR count). The molecule has 0 saturated carbocycles. The molecule has 1 saturated heterocycles. The van der Waals surface area contributed by atoms with Crippen molar-refractivity contribution in [3.8, 4) is 0 Å². The molecule has 1 aliphatic rings. The highest BCUT2D eigenvalue weighted by Crippen LogP contribution is 2.26. The molecule has 1 aliphatic heterocycles. The highest BCUT2D eigenvalue weighted by atomic mass is 16.2. The van der Waals surface area contributed by atoms with Gasteiger partial charge in [0.1, 0.15) is 0 Å². The molecule has 2 atom stereocenters. The summed E-state index contributed by atoms with van der Waals surface area (Å²) >= 11 is 0. The first-order valence-corrected chi connectivity index (χ1v) is 6.86. The number of likely N-dealkylation sites (tertiary alicyclic amines) is 1. The summed E-state index contributed by atoms with van der Waals surface area (Å²) in [5.74, 6) is 4.00. The van der Waals surface area contributed by atoms with Crippen LogP contribution >= 0.6 is 0 Å². The van der Waals surface area contributed by atoms with Crippen molar-refractivity contribution in [2.45, 2.75) is 26.8 Å². The van der Waals surface area contributed by atoms with Gasteiger partial charge in [-0.2, -0.15) is 0 Å². The van der Waals surface area contributed by atoms with Crippen LogP contribution in [0, 0.1) is 11.8 Å². The highest BCUT2D eigenvalue weighted by Gasteiger charge is 2.41. The number of benzene rings is 1. The third-order valence-electron chi connectivity index (χ3n) is 3.95. The lowest BCUT2D eigenvalue weighted by Gasteiger charge is -2.14. The Balaban J connectivity index is 2.05. The third-order valence-corrected chi connectivity index (χ3v) is 3.95. The fourth-order valence-corrected chi connectivity index (χ4v) is 2.37. The van der Waals surface area contributed by atoms with E-state index in [0.29, 0.717) is 0 Å². The predicted molar refractivity (Wildman–Crippen MR) is 76.4 cm³/mol. The fraction of sp³-hybridized carbons (Fsp3) is 0.400. The molecule has 1 heterocycles. The van der Waals surface area contributed by atoms with E-state index in [0.717, 1.165) is 11.1 Å². The zero-order valence-corrected chi connectivity index (χ0v) is 12.1. The lowest BCUT2D eigenvalue weighted by molar-refractivity contribution is -0.140. The fourth-order valence-electron chi connectivity index (χ4n) is 2.37. The van der Waals surface area contributed by atoms with Gasteiger partial charge in [-0.15, -0.1) is 0 Å². The average Bonchev–Trinajstić information content (AvgIpc) is 2.67. The third kappa shape index (κ3) is 3.11. The van der Waals surface area contributed by atoms with Gasteiger partial charge in [-0.05, 0) is 11.1 Å². The standard InChI is InChI=1S/C15H19N3O3/c1-9-10(2)15(21)18(14(9)20)8-12-5-3-11(4-6-12)7-13(19)17-16/h3-6,9-10H,7-8,16H2,1-2H3,(H,17,19). The van der Waals surface area contributed by atoms with Crippen molar-refractivity contribution in [2.75, 3.05) is 0 Å². The Hall–Kier alpha value is -2.21. The van der Waals surface area contributed by atoms with Crippen molar-refractivity contribution in [3.63, 3.8) is 0 Å². The number of carbonyl (C=O) groups excluding carboxylic acids is 3. The van der Waals surface area contributed by atoms with E-state index >= 15 is 0 Å². The molecule has 3 N–H and O–H groups in total. The molecule has 3 amide bonds. The van der Waals surface area contributed by atoms with Gasteiger partial charge in [-0.1, -0.05) is 38.1 Å². The quantitative estimate of drug-likeness (QED) is 0.362. The van der Waals surface area contributed by atoms with Crippen molar-refractivity contribution in [1.82, 2.24) is 10.3 Å². The minimum Gasteiger partial charge on any atom is -0.294 e. The van der Waals surface area contributed by atoms with Gasteiger partial charge in [0.25, 0.3) is 0 Å². The lowest BCUT2D eigenvalue weighted by Crippen LogP contribution is -2.31. The van der Waals surface area contributed by atoms with E-state index in [1.54, 1.807) is 26.0 Å². The molecule has 112 valence electrons. The summed E-state index contributed by atoms with van der Waals surface area (Å²) < 4.78 is 0. The molecule has 0 bridgehead atoms. The van der Waals surface area contributed by atoms with Crippen LogP contribution in [0.2, 0.25) is 0 Å². The molecule has 21 heavy (non-hydrogen) atoms. The topological polar surface area (TPSA) is 92.5 Å². The number of rotatable bonds is 4. The Morgan fingerprint density at radius 3 is 2.05 bits per heavy atom. The second kappa shape index (κ2) is 6.05. The number of nitrogens with one attached hydrogen (secondary N) is 1. The van der Waals surface area contributed by atoms with Crippen LogP contribution in [0.25, 0.3) is 0 Å². The molecule has 6 heteroatoms. The Labute approximate surface area is 123 Å². The predicted octanol–water partition coefficient (Wildman–Crippen LogP) is 0.360. The number of amides is 3. The van der Waals surface area contributed by atoms with Crippen LogP contribution in [0.4, 0.5) is 0 Å². The Morgan fingerprint density at radius 1 is 1.10 bits per heavy atom. The van der Waals surface area contributed by atoms with Crippen LogP contribution in [0.3, 0.4) is 0 Å². The van der Waals surface area contributed by atoms with E-state index in [1.807, 2.05) is 12.1 Å². The molecule has 1 fully saturated rings. The summed E-state index contributed by atoms with van der Waals surface area (Å²) in [7, 11) is 0. The number of imide groups is 1. The number of carbonyl (C=O) groups is 3. The van der Waals surface area contributed by atoms with Crippen LogP contribution in [-0.2, 0) is 27.3 Å². The van der Waals surface area contributed by atoms with E-state index in [-0.39, 0.29) is 42.5 Å². The summed E-state index contributed by atoms with van der Waals surface area (Å²) in [6.45, 7) is 3.83. The van der Waals surface area contributed by atoms with Gasteiger partial charge in [-0.3, -0.25) is 24.7 Å². The first-order chi connectivity index (χ1) is 9.93. The first kappa shape index (κ1) is 15.2. The summed E-state index contributed by atoms with van der Waals surface area (Å²) in [6.07, 6.45) is 0.201. The summed E-state index contributed by atoms with van der Waals surface area (Å²) in [6, 6.07) is 7.21. The van der Waals surface area contributed by atoms with Crippen molar-refractivity contribution in [1.29, 1.82) is 0 Å². The van der Waals surface area contributed by atoms with Gasteiger partial charge in [0.2, 0.25) is 17.7 Å². The molecule has 2 unspecified atom stereocenters. The molecular formula is C15H19N3O3. The van der Waals surface area contributed by atoms with E-state index < -0.39 is 0 Å².